The molecule has 1 atom stereocenters. The normalized spacial score (nSPS) is 14.2. The number of rotatable bonds is 11. The van der Waals surface area contributed by atoms with Crippen molar-refractivity contribution in [1.82, 2.24) is 4.57 Å². The first-order chi connectivity index (χ1) is 23.5. The Labute approximate surface area is 281 Å². The van der Waals surface area contributed by atoms with Gasteiger partial charge >= 0.3 is 5.97 Å². The Morgan fingerprint density at radius 1 is 0.854 bits per heavy atom. The van der Waals surface area contributed by atoms with Gasteiger partial charge in [0.1, 0.15) is 6.61 Å². The van der Waals surface area contributed by atoms with Crippen LogP contribution in [-0.2, 0) is 16.1 Å². The third-order valence-corrected chi connectivity index (χ3v) is 8.82. The first kappa shape index (κ1) is 32.3. The number of fused-ring (bicyclic) bond motifs is 1. The fourth-order valence-corrected chi connectivity index (χ4v) is 6.60. The number of carbonyl (C=O) groups excluding carboxylic acids is 1. The highest BCUT2D eigenvalue weighted by Gasteiger charge is 2.35. The van der Waals surface area contributed by atoms with E-state index in [2.05, 4.69) is 0 Å². The smallest absolute Gasteiger partial charge is 0.338 e. The van der Waals surface area contributed by atoms with Crippen LogP contribution in [0.2, 0.25) is 0 Å². The number of benzene rings is 4. The van der Waals surface area contributed by atoms with Gasteiger partial charge in [0.05, 0.1) is 49.8 Å². The van der Waals surface area contributed by atoms with Crippen molar-refractivity contribution in [2.75, 3.05) is 27.9 Å². The van der Waals surface area contributed by atoms with E-state index < -0.39 is 12.0 Å². The summed E-state index contributed by atoms with van der Waals surface area (Å²) in [5, 5.41) is 0. The third kappa shape index (κ3) is 6.34. The molecule has 0 unspecified atom stereocenters. The van der Waals surface area contributed by atoms with Crippen LogP contribution >= 0.6 is 11.3 Å². The number of hydrogen-bond donors (Lipinski definition) is 0. The summed E-state index contributed by atoms with van der Waals surface area (Å²) in [7, 11) is 4.66. The van der Waals surface area contributed by atoms with E-state index in [-0.39, 0.29) is 17.7 Å². The molecule has 0 fully saturated rings. The van der Waals surface area contributed by atoms with Gasteiger partial charge in [0.15, 0.2) is 27.8 Å². The van der Waals surface area contributed by atoms with E-state index in [4.69, 9.17) is 28.7 Å². The van der Waals surface area contributed by atoms with Gasteiger partial charge in [-0.1, -0.05) is 90.2 Å². The summed E-state index contributed by atoms with van der Waals surface area (Å²) in [5.74, 6) is 1.43. The maximum Gasteiger partial charge on any atom is 0.338 e. The summed E-state index contributed by atoms with van der Waals surface area (Å²) in [5.41, 5.74) is 3.32. The summed E-state index contributed by atoms with van der Waals surface area (Å²) >= 11 is 1.22. The van der Waals surface area contributed by atoms with Crippen molar-refractivity contribution >= 4 is 29.1 Å². The Bertz CT molecular complexity index is 2160. The van der Waals surface area contributed by atoms with Gasteiger partial charge in [0, 0.05) is 11.1 Å². The quantitative estimate of drug-likeness (QED) is 0.171. The number of thiazole rings is 1. The van der Waals surface area contributed by atoms with E-state index in [1.54, 1.807) is 43.9 Å². The molecule has 5 aromatic rings. The average Bonchev–Trinajstić information content (AvgIpc) is 3.44. The van der Waals surface area contributed by atoms with Crippen LogP contribution in [0.25, 0.3) is 11.8 Å². The van der Waals surface area contributed by atoms with Crippen molar-refractivity contribution in [3.05, 3.63) is 145 Å². The number of nitrogens with zero attached hydrogens (tertiary/aromatic N) is 2. The number of esters is 1. The maximum atomic E-state index is 14.5. The molecule has 1 aromatic heterocycles. The number of ether oxygens (including phenoxy) is 5. The van der Waals surface area contributed by atoms with E-state index in [0.717, 1.165) is 5.56 Å². The molecule has 0 radical (unpaired) electrons. The van der Waals surface area contributed by atoms with Gasteiger partial charge in [0.25, 0.3) is 5.56 Å². The molecule has 1 aliphatic heterocycles. The number of aromatic nitrogens is 1. The van der Waals surface area contributed by atoms with Crippen molar-refractivity contribution in [2.45, 2.75) is 19.6 Å². The lowest BCUT2D eigenvalue weighted by Gasteiger charge is -2.26. The lowest BCUT2D eigenvalue weighted by molar-refractivity contribution is -0.138. The topological polar surface area (TPSA) is 97.6 Å². The second kappa shape index (κ2) is 14.4. The molecule has 0 N–H and O–H groups in total. The zero-order valence-electron chi connectivity index (χ0n) is 27.0. The van der Waals surface area contributed by atoms with Crippen molar-refractivity contribution in [1.29, 1.82) is 0 Å². The van der Waals surface area contributed by atoms with Crippen LogP contribution in [0.3, 0.4) is 0 Å². The fourth-order valence-electron chi connectivity index (χ4n) is 5.61. The van der Waals surface area contributed by atoms with Gasteiger partial charge < -0.3 is 23.7 Å². The summed E-state index contributed by atoms with van der Waals surface area (Å²) in [6.45, 7) is 2.20. The summed E-state index contributed by atoms with van der Waals surface area (Å²) in [6, 6.07) is 29.2. The van der Waals surface area contributed by atoms with Gasteiger partial charge in [-0.3, -0.25) is 9.36 Å². The van der Waals surface area contributed by atoms with Crippen LogP contribution in [0, 0.1) is 0 Å². The van der Waals surface area contributed by atoms with Crippen molar-refractivity contribution in [3.8, 4) is 23.0 Å². The molecular formula is C38H34N2O7S. The minimum absolute atomic E-state index is 0.148. The van der Waals surface area contributed by atoms with Crippen LogP contribution in [-0.4, -0.2) is 38.5 Å². The molecule has 10 heteroatoms. The zero-order chi connectivity index (χ0) is 33.6. The first-order valence-corrected chi connectivity index (χ1v) is 16.1. The number of hydrogen-bond acceptors (Lipinski definition) is 9. The molecule has 2 heterocycles. The fraction of sp³-hybridized carbons (Fsp3) is 0.184. The second-order valence-electron chi connectivity index (χ2n) is 10.7. The molecule has 4 aromatic carbocycles. The molecule has 0 saturated heterocycles. The molecule has 0 bridgehead atoms. The van der Waals surface area contributed by atoms with Crippen LogP contribution in [0.4, 0.5) is 0 Å². The summed E-state index contributed by atoms with van der Waals surface area (Å²) in [6.07, 6.45) is 1.77. The van der Waals surface area contributed by atoms with Gasteiger partial charge in [0.2, 0.25) is 0 Å². The molecular weight excluding hydrogens is 628 g/mol. The van der Waals surface area contributed by atoms with Crippen LogP contribution in [0.15, 0.2) is 112 Å². The zero-order valence-corrected chi connectivity index (χ0v) is 27.8. The Balaban J connectivity index is 1.58. The van der Waals surface area contributed by atoms with Gasteiger partial charge in [-0.2, -0.15) is 0 Å². The van der Waals surface area contributed by atoms with Crippen LogP contribution in [0.1, 0.15) is 35.2 Å². The highest BCUT2D eigenvalue weighted by atomic mass is 32.1. The van der Waals surface area contributed by atoms with Crippen molar-refractivity contribution in [3.63, 3.8) is 0 Å². The SMILES string of the molecule is CCOC(=O)C1=C(c2ccccc2)N=c2s/c(=C\c3cccc(OC)c3OCc3ccccc3)c(=O)n2[C@@H]1c1ccc(OC)c(OC)c1. The maximum absolute atomic E-state index is 14.5. The summed E-state index contributed by atoms with van der Waals surface area (Å²) < 4.78 is 30.5. The average molecular weight is 663 g/mol. The molecule has 0 saturated carbocycles. The number of methoxy groups -OCH3 is 3. The number of para-hydroxylation sites is 1. The summed E-state index contributed by atoms with van der Waals surface area (Å²) in [4.78, 5) is 33.7. The predicted molar refractivity (Wildman–Crippen MR) is 184 cm³/mol. The molecule has 48 heavy (non-hydrogen) atoms. The van der Waals surface area contributed by atoms with Crippen LogP contribution in [0.5, 0.6) is 23.0 Å². The van der Waals surface area contributed by atoms with E-state index in [0.29, 0.717) is 61.3 Å². The standard InChI is InChI=1S/C38H34N2O7S/c1-5-46-37(42)32-33(25-15-10-7-11-16-25)39-38-40(34(32)26-19-20-28(43-2)30(21-26)45-4)36(41)31(48-38)22-27-17-12-18-29(44-3)35(27)47-23-24-13-8-6-9-14-24/h6-22,34H,5,23H2,1-4H3/b31-22-/t34-/m1/s1. The lowest BCUT2D eigenvalue weighted by atomic mass is 9.93. The number of carbonyl (C=O) groups is 1. The molecule has 0 aliphatic carbocycles. The van der Waals surface area contributed by atoms with Crippen molar-refractivity contribution in [2.24, 2.45) is 4.99 Å². The van der Waals surface area contributed by atoms with E-state index >= 15 is 0 Å². The third-order valence-electron chi connectivity index (χ3n) is 7.84. The Kier molecular flexibility index (Phi) is 9.73. The molecule has 0 spiro atoms. The highest BCUT2D eigenvalue weighted by molar-refractivity contribution is 7.07. The Hall–Kier alpha value is -5.61. The van der Waals surface area contributed by atoms with Crippen LogP contribution < -0.4 is 33.8 Å². The molecule has 244 valence electrons. The monoisotopic (exact) mass is 662 g/mol. The predicted octanol–water partition coefficient (Wildman–Crippen LogP) is 5.54. The van der Waals surface area contributed by atoms with Gasteiger partial charge in [-0.15, -0.1) is 0 Å². The lowest BCUT2D eigenvalue weighted by Crippen LogP contribution is -2.40. The molecule has 1 aliphatic rings. The Morgan fingerprint density at radius 3 is 2.25 bits per heavy atom. The highest BCUT2D eigenvalue weighted by Crippen LogP contribution is 2.39. The van der Waals surface area contributed by atoms with E-state index in [1.807, 2.05) is 84.9 Å². The van der Waals surface area contributed by atoms with Gasteiger partial charge in [-0.25, -0.2) is 9.79 Å². The minimum Gasteiger partial charge on any atom is -0.493 e. The van der Waals surface area contributed by atoms with E-state index in [9.17, 15) is 9.59 Å². The van der Waals surface area contributed by atoms with Crippen molar-refractivity contribution < 1.29 is 28.5 Å². The molecule has 0 amide bonds. The molecule has 6 rings (SSSR count). The second-order valence-corrected chi connectivity index (χ2v) is 11.7. The Morgan fingerprint density at radius 2 is 1.56 bits per heavy atom. The largest absolute Gasteiger partial charge is 0.493 e. The van der Waals surface area contributed by atoms with E-state index in [1.165, 1.54) is 18.4 Å². The first-order valence-electron chi connectivity index (χ1n) is 15.3. The minimum atomic E-state index is -0.878. The molecule has 9 nitrogen and oxygen atoms in total. The van der Waals surface area contributed by atoms with Gasteiger partial charge in [-0.05, 0) is 42.3 Å².